The van der Waals surface area contributed by atoms with Crippen molar-refractivity contribution in [2.75, 3.05) is 6.61 Å². The highest BCUT2D eigenvalue weighted by Crippen LogP contribution is 2.18. The van der Waals surface area contributed by atoms with Gasteiger partial charge in [0.2, 0.25) is 0 Å². The summed E-state index contributed by atoms with van der Waals surface area (Å²) in [5.41, 5.74) is 3.16. The first kappa shape index (κ1) is 18.0. The molecule has 2 N–H and O–H groups in total. The summed E-state index contributed by atoms with van der Waals surface area (Å²) < 4.78 is 2.19. The van der Waals surface area contributed by atoms with Crippen LogP contribution < -0.4 is 5.32 Å². The van der Waals surface area contributed by atoms with Crippen molar-refractivity contribution in [1.29, 1.82) is 5.26 Å². The van der Waals surface area contributed by atoms with Gasteiger partial charge in [-0.25, -0.2) is 0 Å². The van der Waals surface area contributed by atoms with Crippen molar-refractivity contribution in [1.82, 2.24) is 9.88 Å². The molecule has 0 aliphatic rings. The summed E-state index contributed by atoms with van der Waals surface area (Å²) in [6, 6.07) is 3.79. The number of rotatable bonds is 7. The summed E-state index contributed by atoms with van der Waals surface area (Å²) in [5, 5.41) is 20.8. The summed E-state index contributed by atoms with van der Waals surface area (Å²) in [4.78, 5) is 12.1. The second kappa shape index (κ2) is 8.40. The number of aliphatic hydroxyl groups is 1. The zero-order chi connectivity index (χ0) is 16.7. The van der Waals surface area contributed by atoms with Crippen LogP contribution in [0.4, 0.5) is 0 Å². The number of aromatic nitrogens is 1. The van der Waals surface area contributed by atoms with Crippen LogP contribution in [0.2, 0.25) is 0 Å². The fourth-order valence-corrected chi connectivity index (χ4v) is 2.41. The van der Waals surface area contributed by atoms with Crippen molar-refractivity contribution in [2.24, 2.45) is 0 Å². The zero-order valence-electron chi connectivity index (χ0n) is 13.8. The number of hydrogen-bond donors (Lipinski definition) is 2. The third-order valence-corrected chi connectivity index (χ3v) is 3.66. The number of amides is 1. The van der Waals surface area contributed by atoms with E-state index in [1.165, 1.54) is 0 Å². The van der Waals surface area contributed by atoms with Crippen LogP contribution >= 0.6 is 0 Å². The van der Waals surface area contributed by atoms with Gasteiger partial charge in [-0.15, -0.1) is 0 Å². The summed E-state index contributed by atoms with van der Waals surface area (Å²) >= 11 is 0. The van der Waals surface area contributed by atoms with Gasteiger partial charge in [-0.1, -0.05) is 6.92 Å². The Labute approximate surface area is 132 Å². The molecule has 1 aromatic heterocycles. The van der Waals surface area contributed by atoms with Gasteiger partial charge < -0.3 is 15.0 Å². The van der Waals surface area contributed by atoms with E-state index in [1.807, 2.05) is 26.0 Å². The van der Waals surface area contributed by atoms with Crippen LogP contribution in [0.1, 0.15) is 43.6 Å². The van der Waals surface area contributed by atoms with Crippen molar-refractivity contribution >= 4 is 12.0 Å². The molecule has 0 aliphatic heterocycles. The Morgan fingerprint density at radius 2 is 2.23 bits per heavy atom. The monoisotopic (exact) mass is 303 g/mol. The molecule has 22 heavy (non-hydrogen) atoms. The molecule has 120 valence electrons. The molecule has 1 unspecified atom stereocenters. The van der Waals surface area contributed by atoms with Gasteiger partial charge in [0.25, 0.3) is 5.91 Å². The highest BCUT2D eigenvalue weighted by atomic mass is 16.3. The molecule has 1 atom stereocenters. The van der Waals surface area contributed by atoms with Crippen LogP contribution in [0.3, 0.4) is 0 Å². The largest absolute Gasteiger partial charge is 0.396 e. The molecule has 0 spiro atoms. The average Bonchev–Trinajstić information content (AvgIpc) is 2.72. The molecule has 1 heterocycles. The minimum atomic E-state index is -0.399. The highest BCUT2D eigenvalue weighted by molar-refractivity contribution is 6.01. The predicted molar refractivity (Wildman–Crippen MR) is 87.1 cm³/mol. The fraction of sp³-hybridized carbons (Fsp3) is 0.529. The lowest BCUT2D eigenvalue weighted by Gasteiger charge is -2.11. The van der Waals surface area contributed by atoms with Crippen LogP contribution in [-0.4, -0.2) is 28.2 Å². The Morgan fingerprint density at radius 1 is 1.55 bits per heavy atom. The SMILES string of the molecule is CCCn1c(C)cc(/C=C(/C#N)C(=O)NC(C)CCO)c1C. The Bertz CT molecular complexity index is 594. The molecule has 5 heteroatoms. The normalized spacial score (nSPS) is 12.8. The van der Waals surface area contributed by atoms with Crippen molar-refractivity contribution in [2.45, 2.75) is 53.1 Å². The standard InChI is InChI=1S/C17H25N3O2/c1-5-7-20-13(3)9-15(14(20)4)10-16(11-18)17(22)19-12(2)6-8-21/h9-10,12,21H,5-8H2,1-4H3,(H,19,22)/b16-10-. The van der Waals surface area contributed by atoms with Gasteiger partial charge in [0.15, 0.2) is 0 Å². The van der Waals surface area contributed by atoms with Crippen molar-refractivity contribution < 1.29 is 9.90 Å². The Morgan fingerprint density at radius 3 is 2.77 bits per heavy atom. The Kier molecular flexibility index (Phi) is 6.87. The number of carbonyl (C=O) groups excluding carboxylic acids is 1. The van der Waals surface area contributed by atoms with E-state index in [-0.39, 0.29) is 18.2 Å². The van der Waals surface area contributed by atoms with Gasteiger partial charge in [-0.05, 0) is 51.3 Å². The van der Waals surface area contributed by atoms with E-state index in [4.69, 9.17) is 5.11 Å². The maximum absolute atomic E-state index is 12.1. The van der Waals surface area contributed by atoms with Gasteiger partial charge in [0.05, 0.1) is 0 Å². The summed E-state index contributed by atoms with van der Waals surface area (Å²) in [5.74, 6) is -0.399. The fourth-order valence-electron chi connectivity index (χ4n) is 2.41. The van der Waals surface area contributed by atoms with Crippen molar-refractivity contribution in [3.8, 4) is 6.07 Å². The maximum Gasteiger partial charge on any atom is 0.262 e. The molecule has 0 fully saturated rings. The van der Waals surface area contributed by atoms with Gasteiger partial charge in [-0.3, -0.25) is 4.79 Å². The number of nitrogens with zero attached hydrogens (tertiary/aromatic N) is 2. The summed E-state index contributed by atoms with van der Waals surface area (Å²) in [7, 11) is 0. The average molecular weight is 303 g/mol. The summed E-state index contributed by atoms with van der Waals surface area (Å²) in [6.07, 6.45) is 3.13. The Hall–Kier alpha value is -2.06. The third-order valence-electron chi connectivity index (χ3n) is 3.66. The molecule has 0 saturated carbocycles. The van der Waals surface area contributed by atoms with Gasteiger partial charge in [-0.2, -0.15) is 5.26 Å². The number of nitriles is 1. The van der Waals surface area contributed by atoms with Gasteiger partial charge in [0.1, 0.15) is 11.6 Å². The minimum Gasteiger partial charge on any atom is -0.396 e. The zero-order valence-corrected chi connectivity index (χ0v) is 13.8. The van der Waals surface area contributed by atoms with Crippen molar-refractivity contribution in [3.05, 3.63) is 28.6 Å². The second-order valence-electron chi connectivity index (χ2n) is 5.53. The first-order chi connectivity index (χ1) is 10.4. The van der Waals surface area contributed by atoms with E-state index in [1.54, 1.807) is 13.0 Å². The van der Waals surface area contributed by atoms with Crippen molar-refractivity contribution in [3.63, 3.8) is 0 Å². The van der Waals surface area contributed by atoms with E-state index in [0.29, 0.717) is 6.42 Å². The lowest BCUT2D eigenvalue weighted by Crippen LogP contribution is -2.33. The highest BCUT2D eigenvalue weighted by Gasteiger charge is 2.14. The molecule has 0 aromatic carbocycles. The minimum absolute atomic E-state index is 0.00518. The lowest BCUT2D eigenvalue weighted by molar-refractivity contribution is -0.117. The molecule has 1 aromatic rings. The predicted octanol–water partition coefficient (Wildman–Crippen LogP) is 2.31. The topological polar surface area (TPSA) is 78.0 Å². The number of aryl methyl sites for hydroxylation is 1. The maximum atomic E-state index is 12.1. The molecule has 1 rings (SSSR count). The molecule has 0 radical (unpaired) electrons. The summed E-state index contributed by atoms with van der Waals surface area (Å²) in [6.45, 7) is 8.87. The van der Waals surface area contributed by atoms with E-state index in [0.717, 1.165) is 29.9 Å². The molecule has 1 amide bonds. The molecular formula is C17H25N3O2. The van der Waals surface area contributed by atoms with E-state index >= 15 is 0 Å². The van der Waals surface area contributed by atoms with Crippen LogP contribution in [0.25, 0.3) is 6.08 Å². The van der Waals surface area contributed by atoms with Gasteiger partial charge >= 0.3 is 0 Å². The van der Waals surface area contributed by atoms with Crippen LogP contribution in [0, 0.1) is 25.2 Å². The molecule has 5 nitrogen and oxygen atoms in total. The number of carbonyl (C=O) groups is 1. The molecular weight excluding hydrogens is 278 g/mol. The van der Waals surface area contributed by atoms with Crippen LogP contribution in [-0.2, 0) is 11.3 Å². The Balaban J connectivity index is 3.00. The lowest BCUT2D eigenvalue weighted by atomic mass is 10.1. The second-order valence-corrected chi connectivity index (χ2v) is 5.53. The third kappa shape index (κ3) is 4.47. The molecule has 0 bridgehead atoms. The number of aliphatic hydroxyl groups excluding tert-OH is 1. The van der Waals surface area contributed by atoms with Crippen LogP contribution in [0.15, 0.2) is 11.6 Å². The quantitative estimate of drug-likeness (QED) is 0.599. The smallest absolute Gasteiger partial charge is 0.262 e. The first-order valence-corrected chi connectivity index (χ1v) is 7.64. The molecule has 0 saturated heterocycles. The van der Waals surface area contributed by atoms with E-state index in [9.17, 15) is 10.1 Å². The van der Waals surface area contributed by atoms with E-state index in [2.05, 4.69) is 16.8 Å². The van der Waals surface area contributed by atoms with E-state index < -0.39 is 5.91 Å². The number of nitrogens with one attached hydrogen (secondary N) is 1. The van der Waals surface area contributed by atoms with Gasteiger partial charge in [0, 0.05) is 30.6 Å². The first-order valence-electron chi connectivity index (χ1n) is 7.64. The molecule has 0 aliphatic carbocycles. The number of hydrogen-bond acceptors (Lipinski definition) is 3. The van der Waals surface area contributed by atoms with Crippen LogP contribution in [0.5, 0.6) is 0 Å².